The number of pyridine rings is 1. The van der Waals surface area contributed by atoms with Crippen molar-refractivity contribution in [2.75, 3.05) is 46.6 Å². The van der Waals surface area contributed by atoms with Gasteiger partial charge in [-0.15, -0.1) is 24.0 Å². The highest BCUT2D eigenvalue weighted by molar-refractivity contribution is 14.0. The van der Waals surface area contributed by atoms with Crippen molar-refractivity contribution in [2.24, 2.45) is 4.99 Å². The van der Waals surface area contributed by atoms with Crippen molar-refractivity contribution in [3.8, 4) is 0 Å². The van der Waals surface area contributed by atoms with Gasteiger partial charge in [0.05, 0.1) is 13.2 Å². The number of guanidine groups is 1. The summed E-state index contributed by atoms with van der Waals surface area (Å²) in [5, 5.41) is 6.63. The number of nitrogens with zero attached hydrogens (tertiary/aromatic N) is 2. The summed E-state index contributed by atoms with van der Waals surface area (Å²) in [4.78, 5) is 8.67. The molecule has 24 heavy (non-hydrogen) atoms. The molecule has 0 aromatic carbocycles. The molecule has 0 spiro atoms. The van der Waals surface area contributed by atoms with Gasteiger partial charge in [-0.3, -0.25) is 9.98 Å². The number of aliphatic imine (C=N–C) groups is 1. The van der Waals surface area contributed by atoms with Gasteiger partial charge in [-0.25, -0.2) is 0 Å². The molecule has 0 fully saturated rings. The van der Waals surface area contributed by atoms with E-state index in [2.05, 4.69) is 40.5 Å². The van der Waals surface area contributed by atoms with Gasteiger partial charge in [-0.2, -0.15) is 0 Å². The molecule has 0 bridgehead atoms. The standard InChI is InChI=1S/C17H30N4O2.HI/c1-4-19-17(20-8-5-11-23-13-12-22-3)21-10-7-16-6-9-18-14-15(16)2;/h6,9,14H,4-5,7-8,10-13H2,1-3H3,(H2,19,20,21);1H. The molecule has 0 aliphatic rings. The van der Waals surface area contributed by atoms with Gasteiger partial charge in [0.25, 0.3) is 0 Å². The molecule has 138 valence electrons. The lowest BCUT2D eigenvalue weighted by Crippen LogP contribution is -2.38. The van der Waals surface area contributed by atoms with E-state index in [9.17, 15) is 0 Å². The fourth-order valence-electron chi connectivity index (χ4n) is 2.04. The zero-order valence-corrected chi connectivity index (χ0v) is 17.3. The lowest BCUT2D eigenvalue weighted by Gasteiger charge is -2.12. The van der Waals surface area contributed by atoms with Crippen LogP contribution in [-0.4, -0.2) is 57.5 Å². The molecular formula is C17H31IN4O2. The monoisotopic (exact) mass is 450 g/mol. The lowest BCUT2D eigenvalue weighted by atomic mass is 10.1. The molecule has 6 nitrogen and oxygen atoms in total. The van der Waals surface area contributed by atoms with E-state index in [1.165, 1.54) is 11.1 Å². The Morgan fingerprint density at radius 2 is 2.08 bits per heavy atom. The number of hydrogen-bond acceptors (Lipinski definition) is 4. The molecule has 0 saturated heterocycles. The lowest BCUT2D eigenvalue weighted by molar-refractivity contribution is 0.0702. The van der Waals surface area contributed by atoms with Crippen LogP contribution in [0, 0.1) is 6.92 Å². The molecule has 0 aliphatic heterocycles. The number of rotatable bonds is 11. The number of ether oxygens (including phenoxy) is 2. The van der Waals surface area contributed by atoms with Crippen LogP contribution in [-0.2, 0) is 15.9 Å². The van der Waals surface area contributed by atoms with E-state index in [1.54, 1.807) is 7.11 Å². The fourth-order valence-corrected chi connectivity index (χ4v) is 2.04. The first kappa shape index (κ1) is 23.1. The summed E-state index contributed by atoms with van der Waals surface area (Å²) < 4.78 is 10.4. The first-order valence-corrected chi connectivity index (χ1v) is 8.26. The minimum Gasteiger partial charge on any atom is -0.382 e. The van der Waals surface area contributed by atoms with Gasteiger partial charge < -0.3 is 20.1 Å². The Hall–Kier alpha value is -0.930. The van der Waals surface area contributed by atoms with E-state index in [1.807, 2.05) is 12.4 Å². The third-order valence-corrected chi connectivity index (χ3v) is 3.32. The van der Waals surface area contributed by atoms with E-state index < -0.39 is 0 Å². The number of aryl methyl sites for hydroxylation is 1. The van der Waals surface area contributed by atoms with Gasteiger partial charge in [0.1, 0.15) is 0 Å². The van der Waals surface area contributed by atoms with Crippen molar-refractivity contribution >= 4 is 29.9 Å². The van der Waals surface area contributed by atoms with E-state index in [0.29, 0.717) is 19.8 Å². The Morgan fingerprint density at radius 1 is 1.25 bits per heavy atom. The largest absolute Gasteiger partial charge is 0.382 e. The zero-order valence-electron chi connectivity index (χ0n) is 15.0. The van der Waals surface area contributed by atoms with Crippen molar-refractivity contribution in [2.45, 2.75) is 26.7 Å². The SMILES string of the molecule is CCNC(=NCCCOCCOC)NCCc1ccncc1C.I. The third kappa shape index (κ3) is 10.8. The molecular weight excluding hydrogens is 419 g/mol. The molecule has 0 atom stereocenters. The molecule has 1 aromatic heterocycles. The predicted molar refractivity (Wildman–Crippen MR) is 109 cm³/mol. The van der Waals surface area contributed by atoms with Crippen LogP contribution in [0.15, 0.2) is 23.5 Å². The predicted octanol–water partition coefficient (Wildman–Crippen LogP) is 2.16. The van der Waals surface area contributed by atoms with E-state index in [-0.39, 0.29) is 24.0 Å². The second kappa shape index (κ2) is 15.6. The summed E-state index contributed by atoms with van der Waals surface area (Å²) in [6, 6.07) is 2.07. The van der Waals surface area contributed by atoms with Crippen LogP contribution in [0.1, 0.15) is 24.5 Å². The van der Waals surface area contributed by atoms with Gasteiger partial charge in [-0.1, -0.05) is 0 Å². The molecule has 1 aromatic rings. The molecule has 1 rings (SSSR count). The summed E-state index contributed by atoms with van der Waals surface area (Å²) >= 11 is 0. The summed E-state index contributed by atoms with van der Waals surface area (Å²) in [6.07, 6.45) is 5.60. The Balaban J connectivity index is 0.00000529. The normalized spacial score (nSPS) is 11.0. The average Bonchev–Trinajstić information content (AvgIpc) is 2.55. The summed E-state index contributed by atoms with van der Waals surface area (Å²) in [5.41, 5.74) is 2.54. The topological polar surface area (TPSA) is 67.8 Å². The first-order valence-electron chi connectivity index (χ1n) is 8.26. The highest BCUT2D eigenvalue weighted by Crippen LogP contribution is 2.04. The highest BCUT2D eigenvalue weighted by atomic mass is 127. The second-order valence-corrected chi connectivity index (χ2v) is 5.20. The van der Waals surface area contributed by atoms with E-state index in [4.69, 9.17) is 9.47 Å². The van der Waals surface area contributed by atoms with Crippen LogP contribution in [0.3, 0.4) is 0 Å². The Bertz CT molecular complexity index is 458. The summed E-state index contributed by atoms with van der Waals surface area (Å²) in [6.45, 7) is 8.60. The number of aromatic nitrogens is 1. The van der Waals surface area contributed by atoms with Gasteiger partial charge >= 0.3 is 0 Å². The van der Waals surface area contributed by atoms with Crippen molar-refractivity contribution in [3.63, 3.8) is 0 Å². The maximum Gasteiger partial charge on any atom is 0.191 e. The Kier molecular flexibility index (Phi) is 15.0. The molecule has 0 saturated carbocycles. The van der Waals surface area contributed by atoms with Crippen LogP contribution >= 0.6 is 24.0 Å². The number of halogens is 1. The van der Waals surface area contributed by atoms with Gasteiger partial charge in [-0.05, 0) is 43.9 Å². The number of hydrogen-bond donors (Lipinski definition) is 2. The Labute approximate surface area is 162 Å². The fraction of sp³-hybridized carbons (Fsp3) is 0.647. The van der Waals surface area contributed by atoms with E-state index in [0.717, 1.165) is 38.4 Å². The van der Waals surface area contributed by atoms with Crippen molar-refractivity contribution in [1.82, 2.24) is 15.6 Å². The van der Waals surface area contributed by atoms with Gasteiger partial charge in [0.2, 0.25) is 0 Å². The molecule has 0 amide bonds. The minimum atomic E-state index is 0. The molecule has 2 N–H and O–H groups in total. The van der Waals surface area contributed by atoms with E-state index >= 15 is 0 Å². The zero-order chi connectivity index (χ0) is 16.8. The smallest absolute Gasteiger partial charge is 0.191 e. The van der Waals surface area contributed by atoms with Crippen molar-refractivity contribution in [3.05, 3.63) is 29.6 Å². The molecule has 1 heterocycles. The highest BCUT2D eigenvalue weighted by Gasteiger charge is 2.00. The summed E-state index contributed by atoms with van der Waals surface area (Å²) in [5.74, 6) is 0.858. The maximum absolute atomic E-state index is 5.43. The van der Waals surface area contributed by atoms with Gasteiger partial charge in [0, 0.05) is 45.7 Å². The van der Waals surface area contributed by atoms with Crippen LogP contribution in [0.2, 0.25) is 0 Å². The van der Waals surface area contributed by atoms with Gasteiger partial charge in [0.15, 0.2) is 5.96 Å². The average molecular weight is 450 g/mol. The van der Waals surface area contributed by atoms with Crippen LogP contribution in [0.5, 0.6) is 0 Å². The van der Waals surface area contributed by atoms with Crippen molar-refractivity contribution < 1.29 is 9.47 Å². The second-order valence-electron chi connectivity index (χ2n) is 5.20. The number of methoxy groups -OCH3 is 1. The maximum atomic E-state index is 5.43. The molecule has 0 aliphatic carbocycles. The Morgan fingerprint density at radius 3 is 2.79 bits per heavy atom. The van der Waals surface area contributed by atoms with Crippen LogP contribution < -0.4 is 10.6 Å². The number of nitrogens with one attached hydrogen (secondary N) is 2. The summed E-state index contributed by atoms with van der Waals surface area (Å²) in [7, 11) is 1.68. The quantitative estimate of drug-likeness (QED) is 0.234. The molecule has 0 radical (unpaired) electrons. The van der Waals surface area contributed by atoms with Crippen molar-refractivity contribution in [1.29, 1.82) is 0 Å². The minimum absolute atomic E-state index is 0. The molecule has 7 heteroatoms. The van der Waals surface area contributed by atoms with Crippen LogP contribution in [0.4, 0.5) is 0 Å². The third-order valence-electron chi connectivity index (χ3n) is 3.32. The molecule has 0 unspecified atom stereocenters. The van der Waals surface area contributed by atoms with Crippen LogP contribution in [0.25, 0.3) is 0 Å². The first-order chi connectivity index (χ1) is 11.3.